The number of benzene rings is 1. The van der Waals surface area contributed by atoms with Gasteiger partial charge in [-0.05, 0) is 25.5 Å². The van der Waals surface area contributed by atoms with E-state index < -0.39 is 0 Å². The maximum atomic E-state index is 12.5. The number of hydrogen-bond acceptors (Lipinski definition) is 4. The molecule has 1 saturated heterocycles. The van der Waals surface area contributed by atoms with Gasteiger partial charge in [-0.25, -0.2) is 0 Å². The number of nitrogens with two attached hydrogens (primary N) is 1. The van der Waals surface area contributed by atoms with Gasteiger partial charge >= 0.3 is 0 Å². The molecule has 2 unspecified atom stereocenters. The van der Waals surface area contributed by atoms with Crippen LogP contribution in [0.3, 0.4) is 0 Å². The average molecular weight is 369 g/mol. The zero-order valence-electron chi connectivity index (χ0n) is 11.7. The van der Waals surface area contributed by atoms with Crippen molar-refractivity contribution in [1.82, 2.24) is 5.32 Å². The SMILES string of the molecule is CC(NC(=O)c1sc2cccc(Br)c2c1N)C1CCOC1. The molecule has 1 amide bonds. The number of anilines is 1. The molecule has 112 valence electrons. The third kappa shape index (κ3) is 2.80. The van der Waals surface area contributed by atoms with Crippen molar-refractivity contribution in [3.63, 3.8) is 0 Å². The largest absolute Gasteiger partial charge is 0.397 e. The Morgan fingerprint density at radius 2 is 2.38 bits per heavy atom. The van der Waals surface area contributed by atoms with Crippen LogP contribution in [0.1, 0.15) is 23.0 Å². The fraction of sp³-hybridized carbons (Fsp3) is 0.400. The molecule has 1 aliphatic rings. The lowest BCUT2D eigenvalue weighted by Crippen LogP contribution is -2.38. The van der Waals surface area contributed by atoms with Crippen LogP contribution >= 0.6 is 27.3 Å². The highest BCUT2D eigenvalue weighted by Crippen LogP contribution is 2.38. The molecule has 0 radical (unpaired) electrons. The van der Waals surface area contributed by atoms with Gasteiger partial charge in [-0.15, -0.1) is 11.3 Å². The van der Waals surface area contributed by atoms with Crippen molar-refractivity contribution in [2.75, 3.05) is 18.9 Å². The van der Waals surface area contributed by atoms with E-state index in [-0.39, 0.29) is 11.9 Å². The Bertz CT molecular complexity index is 680. The normalized spacial score (nSPS) is 19.8. The Labute approximate surface area is 135 Å². The molecule has 0 aliphatic carbocycles. The van der Waals surface area contributed by atoms with Crippen molar-refractivity contribution in [3.05, 3.63) is 27.5 Å². The molecule has 0 saturated carbocycles. The van der Waals surface area contributed by atoms with E-state index in [1.54, 1.807) is 0 Å². The van der Waals surface area contributed by atoms with Crippen LogP contribution in [0.25, 0.3) is 10.1 Å². The maximum absolute atomic E-state index is 12.5. The summed E-state index contributed by atoms with van der Waals surface area (Å²) >= 11 is 4.93. The molecule has 6 heteroatoms. The van der Waals surface area contributed by atoms with E-state index in [9.17, 15) is 4.79 Å². The highest BCUT2D eigenvalue weighted by molar-refractivity contribution is 9.10. The highest BCUT2D eigenvalue weighted by atomic mass is 79.9. The van der Waals surface area contributed by atoms with Crippen LogP contribution in [0, 0.1) is 5.92 Å². The molecule has 3 rings (SSSR count). The fourth-order valence-corrected chi connectivity index (χ4v) is 4.40. The molecule has 0 bridgehead atoms. The number of amides is 1. The van der Waals surface area contributed by atoms with Crippen LogP contribution in [-0.4, -0.2) is 25.2 Å². The molecule has 2 atom stereocenters. The van der Waals surface area contributed by atoms with Crippen LogP contribution in [0.5, 0.6) is 0 Å². The summed E-state index contributed by atoms with van der Waals surface area (Å²) in [5.74, 6) is 0.288. The predicted molar refractivity (Wildman–Crippen MR) is 89.8 cm³/mol. The number of rotatable bonds is 3. The summed E-state index contributed by atoms with van der Waals surface area (Å²) in [7, 11) is 0. The topological polar surface area (TPSA) is 64.4 Å². The third-order valence-corrected chi connectivity index (χ3v) is 5.77. The fourth-order valence-electron chi connectivity index (χ4n) is 2.64. The van der Waals surface area contributed by atoms with Crippen molar-refractivity contribution in [3.8, 4) is 0 Å². The first-order chi connectivity index (χ1) is 10.1. The lowest BCUT2D eigenvalue weighted by Gasteiger charge is -2.18. The Hall–Kier alpha value is -1.11. The number of nitrogen functional groups attached to an aromatic ring is 1. The van der Waals surface area contributed by atoms with E-state index in [0.29, 0.717) is 16.5 Å². The van der Waals surface area contributed by atoms with Gasteiger partial charge in [0.25, 0.3) is 5.91 Å². The van der Waals surface area contributed by atoms with Crippen molar-refractivity contribution in [2.45, 2.75) is 19.4 Å². The maximum Gasteiger partial charge on any atom is 0.263 e. The molecular formula is C15H17BrN2O2S. The van der Waals surface area contributed by atoms with E-state index in [2.05, 4.69) is 21.2 Å². The Morgan fingerprint density at radius 3 is 3.05 bits per heavy atom. The number of fused-ring (bicyclic) bond motifs is 1. The smallest absolute Gasteiger partial charge is 0.263 e. The Morgan fingerprint density at radius 1 is 1.57 bits per heavy atom. The van der Waals surface area contributed by atoms with E-state index in [1.165, 1.54) is 11.3 Å². The van der Waals surface area contributed by atoms with E-state index in [1.807, 2.05) is 25.1 Å². The highest BCUT2D eigenvalue weighted by Gasteiger charge is 2.25. The summed E-state index contributed by atoms with van der Waals surface area (Å²) in [4.78, 5) is 13.1. The minimum atomic E-state index is -0.0972. The lowest BCUT2D eigenvalue weighted by molar-refractivity contribution is 0.0927. The average Bonchev–Trinajstić information content (AvgIpc) is 3.07. The summed E-state index contributed by atoms with van der Waals surface area (Å²) in [5, 5.41) is 3.98. The van der Waals surface area contributed by atoms with Crippen LogP contribution in [0.15, 0.2) is 22.7 Å². The van der Waals surface area contributed by atoms with Crippen molar-refractivity contribution < 1.29 is 9.53 Å². The molecule has 2 heterocycles. The second-order valence-electron chi connectivity index (χ2n) is 5.34. The molecule has 1 aliphatic heterocycles. The van der Waals surface area contributed by atoms with Gasteiger partial charge in [0.2, 0.25) is 0 Å². The Balaban J connectivity index is 1.84. The number of nitrogens with one attached hydrogen (secondary N) is 1. The number of thiophene rings is 1. The Kier molecular flexibility index (Phi) is 4.19. The van der Waals surface area contributed by atoms with Gasteiger partial charge in [0, 0.05) is 33.1 Å². The number of halogens is 1. The van der Waals surface area contributed by atoms with Crippen LogP contribution in [-0.2, 0) is 4.74 Å². The summed E-state index contributed by atoms with van der Waals surface area (Å²) in [6, 6.07) is 5.95. The molecule has 4 nitrogen and oxygen atoms in total. The minimum Gasteiger partial charge on any atom is -0.397 e. The predicted octanol–water partition coefficient (Wildman–Crippen LogP) is 3.40. The van der Waals surface area contributed by atoms with Gasteiger partial charge in [-0.2, -0.15) is 0 Å². The first-order valence-electron chi connectivity index (χ1n) is 6.93. The first-order valence-corrected chi connectivity index (χ1v) is 8.54. The van der Waals surface area contributed by atoms with Crippen molar-refractivity contribution >= 4 is 48.9 Å². The molecule has 21 heavy (non-hydrogen) atoms. The quantitative estimate of drug-likeness (QED) is 0.872. The summed E-state index contributed by atoms with van der Waals surface area (Å²) in [6.45, 7) is 3.52. The van der Waals surface area contributed by atoms with E-state index >= 15 is 0 Å². The molecule has 1 fully saturated rings. The van der Waals surface area contributed by atoms with Crippen molar-refractivity contribution in [2.24, 2.45) is 5.92 Å². The van der Waals surface area contributed by atoms with Gasteiger partial charge < -0.3 is 15.8 Å². The van der Waals surface area contributed by atoms with Gasteiger partial charge in [0.05, 0.1) is 12.3 Å². The number of hydrogen-bond donors (Lipinski definition) is 2. The lowest BCUT2D eigenvalue weighted by atomic mass is 10.0. The summed E-state index contributed by atoms with van der Waals surface area (Å²) in [5.41, 5.74) is 6.72. The van der Waals surface area contributed by atoms with Crippen LogP contribution in [0.2, 0.25) is 0 Å². The van der Waals surface area contributed by atoms with Gasteiger partial charge in [0.1, 0.15) is 4.88 Å². The minimum absolute atomic E-state index is 0.0908. The molecule has 1 aromatic heterocycles. The van der Waals surface area contributed by atoms with Gasteiger partial charge in [-0.3, -0.25) is 4.79 Å². The second kappa shape index (κ2) is 5.94. The van der Waals surface area contributed by atoms with Gasteiger partial charge in [0.15, 0.2) is 0 Å². The summed E-state index contributed by atoms with van der Waals surface area (Å²) < 4.78 is 7.31. The van der Waals surface area contributed by atoms with Crippen molar-refractivity contribution in [1.29, 1.82) is 0 Å². The van der Waals surface area contributed by atoms with Crippen LogP contribution < -0.4 is 11.1 Å². The molecule has 0 spiro atoms. The standard InChI is InChI=1S/C15H17BrN2O2S/c1-8(9-5-6-20-7-9)18-15(19)14-13(17)12-10(16)3-2-4-11(12)21-14/h2-4,8-9H,5-7,17H2,1H3,(H,18,19). The van der Waals surface area contributed by atoms with Gasteiger partial charge in [-0.1, -0.05) is 22.0 Å². The molecule has 2 aromatic rings. The zero-order chi connectivity index (χ0) is 15.0. The second-order valence-corrected chi connectivity index (χ2v) is 7.25. The third-order valence-electron chi connectivity index (χ3n) is 3.94. The first kappa shape index (κ1) is 14.8. The van der Waals surface area contributed by atoms with E-state index in [0.717, 1.165) is 34.2 Å². The number of carbonyl (C=O) groups excluding carboxylic acids is 1. The summed E-state index contributed by atoms with van der Waals surface area (Å²) in [6.07, 6.45) is 0.995. The van der Waals surface area contributed by atoms with Crippen LogP contribution in [0.4, 0.5) is 5.69 Å². The van der Waals surface area contributed by atoms with E-state index in [4.69, 9.17) is 10.5 Å². The molecule has 1 aromatic carbocycles. The monoisotopic (exact) mass is 368 g/mol. The number of carbonyl (C=O) groups is 1. The molecule has 3 N–H and O–H groups in total. The zero-order valence-corrected chi connectivity index (χ0v) is 14.1. The number of ether oxygens (including phenoxy) is 1. The molecular weight excluding hydrogens is 352 g/mol.